The molecule has 0 atom stereocenters. The number of nitrogens with zero attached hydrogens (tertiary/aromatic N) is 1. The first-order valence-corrected chi connectivity index (χ1v) is 11.6. The van der Waals surface area contributed by atoms with Crippen LogP contribution in [0.4, 0.5) is 13.2 Å². The quantitative estimate of drug-likeness (QED) is 0.181. The van der Waals surface area contributed by atoms with Crippen molar-refractivity contribution in [1.29, 1.82) is 0 Å². The van der Waals surface area contributed by atoms with Crippen molar-refractivity contribution >= 4 is 22.9 Å². The Morgan fingerprint density at radius 1 is 1.14 bits per heavy atom. The molecule has 190 valence electrons. The molecule has 0 aliphatic carbocycles. The van der Waals surface area contributed by atoms with Crippen LogP contribution < -0.4 is 15.5 Å². The zero-order chi connectivity index (χ0) is 26.6. The molecule has 3 N–H and O–H groups in total. The van der Waals surface area contributed by atoms with Crippen LogP contribution in [-0.4, -0.2) is 24.0 Å². The van der Waals surface area contributed by atoms with Crippen molar-refractivity contribution in [2.24, 2.45) is 5.10 Å². The Bertz CT molecular complexity index is 1440. The van der Waals surface area contributed by atoms with Crippen LogP contribution in [0.5, 0.6) is 11.5 Å². The zero-order valence-corrected chi connectivity index (χ0v) is 20.7. The minimum Gasteiger partial charge on any atom is -0.506 e. The Kier molecular flexibility index (Phi) is 7.62. The van der Waals surface area contributed by atoms with E-state index in [1.54, 1.807) is 37.4 Å². The predicted molar refractivity (Wildman–Crippen MR) is 139 cm³/mol. The fourth-order valence-corrected chi connectivity index (χ4v) is 3.93. The van der Waals surface area contributed by atoms with Crippen molar-refractivity contribution in [2.75, 3.05) is 7.05 Å². The van der Waals surface area contributed by atoms with Gasteiger partial charge in [-0.05, 0) is 60.0 Å². The topological polar surface area (TPSA) is 65.9 Å². The van der Waals surface area contributed by atoms with Crippen LogP contribution in [0.1, 0.15) is 23.6 Å². The molecule has 9 heteroatoms. The van der Waals surface area contributed by atoms with Crippen LogP contribution in [0.3, 0.4) is 0 Å². The molecule has 0 amide bonds. The Morgan fingerprint density at radius 2 is 1.89 bits per heavy atom. The summed E-state index contributed by atoms with van der Waals surface area (Å²) in [6.07, 6.45) is -2.60. The number of phenolic OH excluding ortho intramolecular Hbond substituents is 1. The molecule has 0 aromatic heterocycles. The van der Waals surface area contributed by atoms with Crippen LogP contribution in [0.25, 0.3) is 16.7 Å². The molecule has 5 nitrogen and oxygen atoms in total. The van der Waals surface area contributed by atoms with E-state index in [0.717, 1.165) is 23.4 Å². The van der Waals surface area contributed by atoms with Gasteiger partial charge in [-0.2, -0.15) is 18.3 Å². The van der Waals surface area contributed by atoms with Crippen LogP contribution >= 0.6 is 11.6 Å². The maximum absolute atomic E-state index is 13.3. The number of nitrogens with one attached hydrogen (secondary N) is 2. The van der Waals surface area contributed by atoms with E-state index in [2.05, 4.69) is 21.6 Å². The van der Waals surface area contributed by atoms with E-state index >= 15 is 0 Å². The van der Waals surface area contributed by atoms with Crippen LogP contribution in [0, 0.1) is 0 Å². The summed E-state index contributed by atoms with van der Waals surface area (Å²) in [6, 6.07) is 17.6. The van der Waals surface area contributed by atoms with E-state index in [0.29, 0.717) is 27.6 Å². The van der Waals surface area contributed by atoms with Gasteiger partial charge in [-0.15, -0.1) is 0 Å². The van der Waals surface area contributed by atoms with E-state index in [-0.39, 0.29) is 23.5 Å². The second-order valence-corrected chi connectivity index (χ2v) is 8.59. The summed E-state index contributed by atoms with van der Waals surface area (Å²) < 4.78 is 46.0. The van der Waals surface area contributed by atoms with Crippen LogP contribution in [-0.2, 0) is 6.61 Å². The number of ether oxygens (including phenoxy) is 1. The molecule has 0 unspecified atom stereocenters. The van der Waals surface area contributed by atoms with Gasteiger partial charge in [0.1, 0.15) is 23.8 Å². The molecule has 0 spiro atoms. The molecule has 0 saturated heterocycles. The lowest BCUT2D eigenvalue weighted by atomic mass is 9.94. The van der Waals surface area contributed by atoms with Gasteiger partial charge in [-0.3, -0.25) is 0 Å². The Balaban J connectivity index is 1.82. The highest BCUT2D eigenvalue weighted by molar-refractivity contribution is 6.30. The lowest BCUT2D eigenvalue weighted by molar-refractivity contribution is -0.0954. The molecule has 37 heavy (non-hydrogen) atoms. The second-order valence-electron chi connectivity index (χ2n) is 8.15. The van der Waals surface area contributed by atoms with Gasteiger partial charge in [0.2, 0.25) is 0 Å². The molecule has 1 aliphatic heterocycles. The van der Waals surface area contributed by atoms with Crippen molar-refractivity contribution in [1.82, 2.24) is 10.7 Å². The summed E-state index contributed by atoms with van der Waals surface area (Å²) >= 11 is 5.97. The molecule has 0 fully saturated rings. The summed E-state index contributed by atoms with van der Waals surface area (Å²) in [5, 5.41) is 18.3. The molecular formula is C28H23ClF3N3O2. The number of hydrazone groups is 1. The fourth-order valence-electron chi connectivity index (χ4n) is 3.80. The first-order valence-electron chi connectivity index (χ1n) is 11.2. The average molecular weight is 526 g/mol. The minimum atomic E-state index is -4.58. The highest BCUT2D eigenvalue weighted by Gasteiger charge is 2.34. The van der Waals surface area contributed by atoms with Crippen molar-refractivity contribution in [2.45, 2.75) is 19.7 Å². The maximum atomic E-state index is 13.3. The molecule has 0 saturated carbocycles. The molecule has 1 heterocycles. The normalized spacial score (nSPS) is 13.5. The Hall–Kier alpha value is -4.13. The van der Waals surface area contributed by atoms with Crippen LogP contribution in [0.15, 0.2) is 89.5 Å². The summed E-state index contributed by atoms with van der Waals surface area (Å²) in [6.45, 7) is 2.02. The third-order valence-electron chi connectivity index (χ3n) is 5.64. The first-order chi connectivity index (χ1) is 17.7. The summed E-state index contributed by atoms with van der Waals surface area (Å²) in [5.41, 5.74) is 8.10. The summed E-state index contributed by atoms with van der Waals surface area (Å²) in [5.74, 6) is 0.125. The number of allylic oxidation sites excluding steroid dienone is 3. The highest BCUT2D eigenvalue weighted by atomic mass is 35.5. The van der Waals surface area contributed by atoms with Gasteiger partial charge in [0, 0.05) is 29.4 Å². The maximum Gasteiger partial charge on any atom is 0.431 e. The van der Waals surface area contributed by atoms with Gasteiger partial charge in [-0.25, -0.2) is 0 Å². The zero-order valence-electron chi connectivity index (χ0n) is 19.9. The van der Waals surface area contributed by atoms with Gasteiger partial charge < -0.3 is 20.6 Å². The van der Waals surface area contributed by atoms with E-state index in [1.165, 1.54) is 6.07 Å². The fraction of sp³-hybridized carbons (Fsp3) is 0.143. The van der Waals surface area contributed by atoms with Crippen molar-refractivity contribution in [3.05, 3.63) is 106 Å². The number of rotatable bonds is 7. The number of hydrogen-bond acceptors (Lipinski definition) is 5. The summed E-state index contributed by atoms with van der Waals surface area (Å²) in [7, 11) is 1.69. The minimum absolute atomic E-state index is 0.0816. The number of alkyl halides is 3. The van der Waals surface area contributed by atoms with Gasteiger partial charge >= 0.3 is 6.18 Å². The number of halogens is 4. The number of hydrogen-bond donors (Lipinski definition) is 3. The van der Waals surface area contributed by atoms with E-state index in [9.17, 15) is 18.3 Å². The average Bonchev–Trinajstić information content (AvgIpc) is 2.88. The van der Waals surface area contributed by atoms with E-state index in [1.807, 2.05) is 31.2 Å². The Labute approximate surface area is 217 Å². The van der Waals surface area contributed by atoms with Gasteiger partial charge in [0.15, 0.2) is 0 Å². The van der Waals surface area contributed by atoms with Crippen molar-refractivity contribution in [3.63, 3.8) is 0 Å². The standard InChI is InChI=1S/C28H23ClF3N3O2/c1-17(35-33-2)19-4-3-5-21(14-19)26-24(37-16-18-6-8-22(29)9-7-18)11-10-23(27(26)36)20-12-13-34-25(15-20)28(30,31)32/h3-11,13-15,33-34,36H,16H2,1-2H3/b35-17-. The SMILES string of the molecule is CN/N=C(/C)c1cccc(-c2c(OCc3ccc(Cl)cc3)ccc(C3=C=CNC(C(F)(F)F)=C3)c2O)c1. The monoisotopic (exact) mass is 525 g/mol. The predicted octanol–water partition coefficient (Wildman–Crippen LogP) is 6.78. The Morgan fingerprint density at radius 3 is 2.59 bits per heavy atom. The van der Waals surface area contributed by atoms with E-state index in [4.69, 9.17) is 16.3 Å². The molecule has 3 aromatic rings. The van der Waals surface area contributed by atoms with E-state index < -0.39 is 11.9 Å². The largest absolute Gasteiger partial charge is 0.506 e. The van der Waals surface area contributed by atoms with Crippen LogP contribution in [0.2, 0.25) is 5.02 Å². The molecular weight excluding hydrogens is 503 g/mol. The molecule has 3 aromatic carbocycles. The number of phenols is 1. The molecule has 0 radical (unpaired) electrons. The van der Waals surface area contributed by atoms with Crippen molar-refractivity contribution in [3.8, 4) is 22.6 Å². The third kappa shape index (κ3) is 6.00. The molecule has 1 aliphatic rings. The van der Waals surface area contributed by atoms with Gasteiger partial charge in [0.25, 0.3) is 0 Å². The molecule has 0 bridgehead atoms. The highest BCUT2D eigenvalue weighted by Crippen LogP contribution is 2.44. The number of aromatic hydroxyl groups is 1. The van der Waals surface area contributed by atoms with Crippen molar-refractivity contribution < 1.29 is 23.0 Å². The van der Waals surface area contributed by atoms with Gasteiger partial charge in [0.05, 0.1) is 11.3 Å². The van der Waals surface area contributed by atoms with Gasteiger partial charge in [-0.1, -0.05) is 47.7 Å². The molecule has 4 rings (SSSR count). The first kappa shape index (κ1) is 25.9. The lowest BCUT2D eigenvalue weighted by Crippen LogP contribution is -2.23. The second kappa shape index (κ2) is 10.9. The third-order valence-corrected chi connectivity index (χ3v) is 5.89. The lowest BCUT2D eigenvalue weighted by Gasteiger charge is -2.19. The summed E-state index contributed by atoms with van der Waals surface area (Å²) in [4.78, 5) is 0. The number of benzene rings is 3. The smallest absolute Gasteiger partial charge is 0.431 e.